The van der Waals surface area contributed by atoms with Gasteiger partial charge < -0.3 is 0 Å². The Morgan fingerprint density at radius 1 is 1.58 bits per heavy atom. The van der Waals surface area contributed by atoms with Gasteiger partial charge in [-0.3, -0.25) is 0 Å². The van der Waals surface area contributed by atoms with Gasteiger partial charge in [-0.05, 0) is 38.5 Å². The molecule has 0 aromatic rings. The van der Waals surface area contributed by atoms with Crippen molar-refractivity contribution in [1.82, 2.24) is 0 Å². The highest BCUT2D eigenvalue weighted by atomic mass is 14.0. The summed E-state index contributed by atoms with van der Waals surface area (Å²) in [7, 11) is 0. The van der Waals surface area contributed by atoms with Crippen molar-refractivity contribution in [2.75, 3.05) is 0 Å². The van der Waals surface area contributed by atoms with Gasteiger partial charge in [0.15, 0.2) is 0 Å². The van der Waals surface area contributed by atoms with E-state index in [1.165, 1.54) is 24.8 Å². The lowest BCUT2D eigenvalue weighted by molar-refractivity contribution is 0.584. The van der Waals surface area contributed by atoms with E-state index in [2.05, 4.69) is 32.6 Å². The summed E-state index contributed by atoms with van der Waals surface area (Å²) in [6.45, 7) is 10.1. The first-order valence-corrected chi connectivity index (χ1v) is 4.97. The van der Waals surface area contributed by atoms with Crippen LogP contribution < -0.4 is 0 Å². The maximum absolute atomic E-state index is 3.67. The average molecular weight is 166 g/mol. The smallest absolute Gasteiger partial charge is 0.0262 e. The monoisotopic (exact) mass is 166 g/mol. The minimum Gasteiger partial charge on any atom is -0.100 e. The Labute approximate surface area is 77.4 Å². The number of hydrogen-bond acceptors (Lipinski definition) is 0. The molecule has 0 fully saturated rings. The lowest BCUT2D eigenvalue weighted by atomic mass is 9.98. The fourth-order valence-electron chi connectivity index (χ4n) is 0.982. The molecule has 1 aliphatic rings. The summed E-state index contributed by atoms with van der Waals surface area (Å²) < 4.78 is 0. The minimum atomic E-state index is 0.855. The largest absolute Gasteiger partial charge is 0.100 e. The summed E-state index contributed by atoms with van der Waals surface area (Å²) in [6, 6.07) is 0. The summed E-state index contributed by atoms with van der Waals surface area (Å²) in [4.78, 5) is 0. The summed E-state index contributed by atoms with van der Waals surface area (Å²) in [5.41, 5.74) is 1.25. The third kappa shape index (κ3) is 7.59. The normalized spacial score (nSPS) is 21.1. The molecule has 0 spiro atoms. The average Bonchev–Trinajstić information content (AvgIpc) is 2.07. The van der Waals surface area contributed by atoms with Gasteiger partial charge >= 0.3 is 0 Å². The zero-order valence-electron chi connectivity index (χ0n) is 8.77. The minimum absolute atomic E-state index is 0.855. The van der Waals surface area contributed by atoms with Gasteiger partial charge in [-0.2, -0.15) is 0 Å². The van der Waals surface area contributed by atoms with E-state index in [1.54, 1.807) is 0 Å². The van der Waals surface area contributed by atoms with Crippen LogP contribution >= 0.6 is 0 Å². The first-order chi connectivity index (χ1) is 5.66. The second kappa shape index (κ2) is 7.15. The highest BCUT2D eigenvalue weighted by Crippen LogP contribution is 2.14. The highest BCUT2D eigenvalue weighted by Gasteiger charge is 1.98. The van der Waals surface area contributed by atoms with Gasteiger partial charge in [0.1, 0.15) is 0 Å². The van der Waals surface area contributed by atoms with E-state index in [1.807, 2.05) is 6.92 Å². The molecule has 1 rings (SSSR count). The van der Waals surface area contributed by atoms with E-state index >= 15 is 0 Å². The van der Waals surface area contributed by atoms with Crippen LogP contribution in [0.1, 0.15) is 46.5 Å². The van der Waals surface area contributed by atoms with Crippen molar-refractivity contribution in [2.45, 2.75) is 46.5 Å². The maximum atomic E-state index is 3.67. The van der Waals surface area contributed by atoms with E-state index < -0.39 is 0 Å². The Kier molecular flexibility index (Phi) is 6.84. The maximum Gasteiger partial charge on any atom is -0.0262 e. The third-order valence-corrected chi connectivity index (χ3v) is 2.10. The Morgan fingerprint density at radius 2 is 2.17 bits per heavy atom. The van der Waals surface area contributed by atoms with Crippen LogP contribution in [-0.4, -0.2) is 0 Å². The molecule has 12 heavy (non-hydrogen) atoms. The van der Waals surface area contributed by atoms with E-state index in [0.717, 1.165) is 12.3 Å². The molecule has 0 radical (unpaired) electrons. The molecule has 0 aromatic carbocycles. The molecule has 0 N–H and O–H groups in total. The van der Waals surface area contributed by atoms with Gasteiger partial charge in [0, 0.05) is 0 Å². The van der Waals surface area contributed by atoms with Crippen molar-refractivity contribution < 1.29 is 0 Å². The molecule has 1 unspecified atom stereocenters. The molecule has 0 nitrogen and oxygen atoms in total. The molecular weight excluding hydrogens is 144 g/mol. The zero-order chi connectivity index (χ0) is 9.40. The highest BCUT2D eigenvalue weighted by molar-refractivity contribution is 4.90. The van der Waals surface area contributed by atoms with Gasteiger partial charge in [-0.25, -0.2) is 0 Å². The van der Waals surface area contributed by atoms with Gasteiger partial charge in [0.2, 0.25) is 0 Å². The lowest BCUT2D eigenvalue weighted by Gasteiger charge is -2.08. The van der Waals surface area contributed by atoms with Gasteiger partial charge in [0.05, 0.1) is 0 Å². The van der Waals surface area contributed by atoms with Crippen LogP contribution in [0.25, 0.3) is 0 Å². The van der Waals surface area contributed by atoms with Gasteiger partial charge in [-0.1, -0.05) is 31.6 Å². The molecule has 70 valence electrons. The molecule has 0 amide bonds. The number of allylic oxidation sites excluding steroid dienone is 3. The van der Waals surface area contributed by atoms with Crippen LogP contribution in [0.5, 0.6) is 0 Å². The predicted molar refractivity (Wildman–Crippen MR) is 57.3 cm³/mol. The summed E-state index contributed by atoms with van der Waals surface area (Å²) in [6.07, 6.45) is 9.82. The predicted octanol–water partition coefficient (Wildman–Crippen LogP) is 4.34. The van der Waals surface area contributed by atoms with E-state index in [-0.39, 0.29) is 0 Å². The summed E-state index contributed by atoms with van der Waals surface area (Å²) in [5.74, 6) is 0.855. The van der Waals surface area contributed by atoms with Crippen LogP contribution in [0.4, 0.5) is 0 Å². The molecule has 0 bridgehead atoms. The number of hydrogen-bond donors (Lipinski definition) is 0. The van der Waals surface area contributed by atoms with Crippen molar-refractivity contribution in [2.24, 2.45) is 5.92 Å². The van der Waals surface area contributed by atoms with E-state index in [9.17, 15) is 0 Å². The summed E-state index contributed by atoms with van der Waals surface area (Å²) in [5, 5.41) is 0. The molecule has 0 saturated carbocycles. The van der Waals surface area contributed by atoms with Crippen LogP contribution in [0.15, 0.2) is 24.3 Å². The SMILES string of the molecule is C=C(C)CC.CC1C=CCCC1. The van der Waals surface area contributed by atoms with Crippen molar-refractivity contribution in [1.29, 1.82) is 0 Å². The molecule has 0 heteroatoms. The first kappa shape index (κ1) is 11.5. The quantitative estimate of drug-likeness (QED) is 0.508. The van der Waals surface area contributed by atoms with Crippen LogP contribution in [0.3, 0.4) is 0 Å². The van der Waals surface area contributed by atoms with Crippen molar-refractivity contribution >= 4 is 0 Å². The molecule has 0 aliphatic heterocycles. The molecule has 0 aromatic heterocycles. The zero-order valence-corrected chi connectivity index (χ0v) is 8.77. The third-order valence-electron chi connectivity index (χ3n) is 2.10. The fraction of sp³-hybridized carbons (Fsp3) is 0.667. The Morgan fingerprint density at radius 3 is 2.33 bits per heavy atom. The Bertz CT molecular complexity index is 142. The van der Waals surface area contributed by atoms with Crippen molar-refractivity contribution in [3.8, 4) is 0 Å². The second-order valence-corrected chi connectivity index (χ2v) is 3.65. The van der Waals surface area contributed by atoms with Crippen LogP contribution in [0, 0.1) is 5.92 Å². The van der Waals surface area contributed by atoms with E-state index in [4.69, 9.17) is 0 Å². The second-order valence-electron chi connectivity index (χ2n) is 3.65. The van der Waals surface area contributed by atoms with Crippen molar-refractivity contribution in [3.63, 3.8) is 0 Å². The number of rotatable bonds is 1. The molecule has 1 atom stereocenters. The molecule has 1 aliphatic carbocycles. The first-order valence-electron chi connectivity index (χ1n) is 4.97. The van der Waals surface area contributed by atoms with Gasteiger partial charge in [-0.15, -0.1) is 6.58 Å². The fourth-order valence-corrected chi connectivity index (χ4v) is 0.982. The molecule has 0 saturated heterocycles. The molecule has 0 heterocycles. The lowest BCUT2D eigenvalue weighted by Crippen LogP contribution is -1.92. The Balaban J connectivity index is 0.000000217. The van der Waals surface area contributed by atoms with Crippen LogP contribution in [-0.2, 0) is 0 Å². The van der Waals surface area contributed by atoms with Crippen molar-refractivity contribution in [3.05, 3.63) is 24.3 Å². The molecular formula is C12H22. The van der Waals surface area contributed by atoms with Crippen LogP contribution in [0.2, 0.25) is 0 Å². The van der Waals surface area contributed by atoms with E-state index in [0.29, 0.717) is 0 Å². The Hall–Kier alpha value is -0.520. The van der Waals surface area contributed by atoms with Gasteiger partial charge in [0.25, 0.3) is 0 Å². The standard InChI is InChI=1S/C7H12.C5H10/c1-7-5-3-2-4-6-7;1-4-5(2)3/h3,5,7H,2,4,6H2,1H3;2,4H2,1,3H3. The summed E-state index contributed by atoms with van der Waals surface area (Å²) >= 11 is 0. The topological polar surface area (TPSA) is 0 Å².